The van der Waals surface area contributed by atoms with Gasteiger partial charge in [-0.25, -0.2) is 0 Å². The first kappa shape index (κ1) is 17.3. The van der Waals surface area contributed by atoms with Crippen LogP contribution in [0.25, 0.3) is 0 Å². The van der Waals surface area contributed by atoms with Gasteiger partial charge in [0.15, 0.2) is 5.69 Å². The molecule has 4 rings (SSSR count). The highest BCUT2D eigenvalue weighted by Gasteiger charge is 2.34. The van der Waals surface area contributed by atoms with Crippen molar-refractivity contribution < 1.29 is 4.79 Å². The molecule has 5 nitrogen and oxygen atoms in total. The Morgan fingerprint density at radius 2 is 2.17 bits per heavy atom. The maximum atomic E-state index is 13.0. The minimum Gasteiger partial charge on any atom is -0.330 e. The third-order valence-corrected chi connectivity index (χ3v) is 5.13. The topological polar surface area (TPSA) is 61.0 Å². The third kappa shape index (κ3) is 2.92. The van der Waals surface area contributed by atoms with Gasteiger partial charge in [-0.05, 0) is 24.5 Å². The first-order valence-corrected chi connectivity index (χ1v) is 8.45. The van der Waals surface area contributed by atoms with Crippen LogP contribution in [0.3, 0.4) is 0 Å². The standard InChI is InChI=1S/C17H19ClN4O.ClH/c18-13-5-2-1-4-11(13)15-6-3-9-22(15)17(23)16-12-10-19-8-7-14(12)20-21-16;/h1-2,4-5,15,19H,3,6-10H2,(H,20,21);1H. The summed E-state index contributed by atoms with van der Waals surface area (Å²) in [7, 11) is 0. The SMILES string of the molecule is Cl.O=C(c1n[nH]c2c1CNCC2)N1CCCC1c1ccccc1Cl. The molecule has 1 fully saturated rings. The fraction of sp³-hybridized carbons (Fsp3) is 0.412. The lowest BCUT2D eigenvalue weighted by atomic mass is 10.0. The highest BCUT2D eigenvalue weighted by atomic mass is 35.5. The maximum Gasteiger partial charge on any atom is 0.275 e. The molecule has 2 aromatic rings. The first-order valence-electron chi connectivity index (χ1n) is 8.08. The fourth-order valence-electron chi connectivity index (χ4n) is 3.62. The molecule has 1 aromatic carbocycles. The van der Waals surface area contributed by atoms with E-state index in [9.17, 15) is 4.79 Å². The van der Waals surface area contributed by atoms with Gasteiger partial charge in [0.1, 0.15) is 0 Å². The number of halogens is 2. The van der Waals surface area contributed by atoms with Gasteiger partial charge < -0.3 is 10.2 Å². The van der Waals surface area contributed by atoms with E-state index in [4.69, 9.17) is 11.6 Å². The van der Waals surface area contributed by atoms with Crippen LogP contribution in [-0.4, -0.2) is 34.1 Å². The molecule has 1 atom stereocenters. The zero-order valence-corrected chi connectivity index (χ0v) is 14.8. The van der Waals surface area contributed by atoms with Crippen LogP contribution in [0.2, 0.25) is 5.02 Å². The van der Waals surface area contributed by atoms with Gasteiger partial charge in [0.2, 0.25) is 0 Å². The van der Waals surface area contributed by atoms with Gasteiger partial charge in [0, 0.05) is 42.3 Å². The second kappa shape index (κ2) is 7.13. The van der Waals surface area contributed by atoms with Gasteiger partial charge in [-0.3, -0.25) is 9.89 Å². The zero-order chi connectivity index (χ0) is 15.8. The molecule has 24 heavy (non-hydrogen) atoms. The van der Waals surface area contributed by atoms with Crippen LogP contribution in [0.15, 0.2) is 24.3 Å². The van der Waals surface area contributed by atoms with Crippen LogP contribution in [0.5, 0.6) is 0 Å². The number of aromatic amines is 1. The molecule has 2 aliphatic heterocycles. The van der Waals surface area contributed by atoms with Gasteiger partial charge in [0.25, 0.3) is 5.91 Å². The lowest BCUT2D eigenvalue weighted by molar-refractivity contribution is 0.0728. The zero-order valence-electron chi connectivity index (χ0n) is 13.2. The summed E-state index contributed by atoms with van der Waals surface area (Å²) < 4.78 is 0. The molecular weight excluding hydrogens is 347 g/mol. The molecule has 2 aliphatic rings. The highest BCUT2D eigenvalue weighted by Crippen LogP contribution is 2.36. The lowest BCUT2D eigenvalue weighted by Gasteiger charge is -2.25. The van der Waals surface area contributed by atoms with Crippen LogP contribution in [0.1, 0.15) is 46.2 Å². The Bertz CT molecular complexity index is 746. The molecule has 0 aliphatic carbocycles. The number of aromatic nitrogens is 2. The van der Waals surface area contributed by atoms with E-state index in [0.717, 1.165) is 54.2 Å². The van der Waals surface area contributed by atoms with Gasteiger partial charge in [0.05, 0.1) is 6.04 Å². The van der Waals surface area contributed by atoms with Crippen molar-refractivity contribution >= 4 is 29.9 Å². The molecule has 1 aromatic heterocycles. The van der Waals surface area contributed by atoms with Crippen molar-refractivity contribution in [2.75, 3.05) is 13.1 Å². The number of rotatable bonds is 2. The predicted octanol–water partition coefficient (Wildman–Crippen LogP) is 3.11. The molecule has 1 unspecified atom stereocenters. The molecule has 128 valence electrons. The van der Waals surface area contributed by atoms with E-state index in [0.29, 0.717) is 12.2 Å². The third-order valence-electron chi connectivity index (χ3n) is 4.79. The smallest absolute Gasteiger partial charge is 0.275 e. The molecule has 7 heteroatoms. The average Bonchev–Trinajstić information content (AvgIpc) is 3.22. The molecule has 1 amide bonds. The summed E-state index contributed by atoms with van der Waals surface area (Å²) in [6, 6.07) is 7.84. The Morgan fingerprint density at radius 1 is 1.33 bits per heavy atom. The molecular formula is C17H20Cl2N4O. The number of hydrogen-bond donors (Lipinski definition) is 2. The Balaban J connectivity index is 0.00000169. The minimum absolute atomic E-state index is 0. The first-order chi connectivity index (χ1) is 11.3. The van der Waals surface area contributed by atoms with Crippen molar-refractivity contribution in [1.29, 1.82) is 0 Å². The average molecular weight is 367 g/mol. The number of hydrogen-bond acceptors (Lipinski definition) is 3. The van der Waals surface area contributed by atoms with E-state index in [-0.39, 0.29) is 24.4 Å². The quantitative estimate of drug-likeness (QED) is 0.858. The largest absolute Gasteiger partial charge is 0.330 e. The predicted molar refractivity (Wildman–Crippen MR) is 95.7 cm³/mol. The second-order valence-electron chi connectivity index (χ2n) is 6.13. The van der Waals surface area contributed by atoms with Crippen molar-refractivity contribution in [1.82, 2.24) is 20.4 Å². The fourth-order valence-corrected chi connectivity index (χ4v) is 3.88. The number of benzene rings is 1. The molecule has 0 spiro atoms. The Labute approximate surface area is 152 Å². The van der Waals surface area contributed by atoms with Gasteiger partial charge in [-0.2, -0.15) is 5.10 Å². The van der Waals surface area contributed by atoms with Crippen molar-refractivity contribution in [2.24, 2.45) is 0 Å². The summed E-state index contributed by atoms with van der Waals surface area (Å²) in [6.45, 7) is 2.38. The molecule has 0 radical (unpaired) electrons. The van der Waals surface area contributed by atoms with Crippen molar-refractivity contribution in [3.05, 3.63) is 51.8 Å². The van der Waals surface area contributed by atoms with Gasteiger partial charge in [-0.15, -0.1) is 12.4 Å². The molecule has 3 heterocycles. The monoisotopic (exact) mass is 366 g/mol. The van der Waals surface area contributed by atoms with E-state index < -0.39 is 0 Å². The number of carbonyl (C=O) groups is 1. The second-order valence-corrected chi connectivity index (χ2v) is 6.54. The maximum absolute atomic E-state index is 13.0. The Hall–Kier alpha value is -1.56. The number of amides is 1. The van der Waals surface area contributed by atoms with E-state index in [1.165, 1.54) is 0 Å². The number of likely N-dealkylation sites (tertiary alicyclic amines) is 1. The van der Waals surface area contributed by atoms with Crippen LogP contribution in [-0.2, 0) is 13.0 Å². The summed E-state index contributed by atoms with van der Waals surface area (Å²) in [6.07, 6.45) is 2.83. The number of H-pyrrole nitrogens is 1. The molecule has 1 saturated heterocycles. The van der Waals surface area contributed by atoms with E-state index in [2.05, 4.69) is 15.5 Å². The van der Waals surface area contributed by atoms with E-state index in [1.54, 1.807) is 0 Å². The lowest BCUT2D eigenvalue weighted by Crippen LogP contribution is -2.33. The summed E-state index contributed by atoms with van der Waals surface area (Å²) >= 11 is 6.34. The molecule has 0 saturated carbocycles. The van der Waals surface area contributed by atoms with Crippen molar-refractivity contribution in [3.8, 4) is 0 Å². The van der Waals surface area contributed by atoms with E-state index >= 15 is 0 Å². The van der Waals surface area contributed by atoms with Crippen LogP contribution in [0.4, 0.5) is 0 Å². The van der Waals surface area contributed by atoms with E-state index in [1.807, 2.05) is 29.2 Å². The minimum atomic E-state index is 0. The molecule has 2 N–H and O–H groups in total. The highest BCUT2D eigenvalue weighted by molar-refractivity contribution is 6.31. The van der Waals surface area contributed by atoms with Crippen molar-refractivity contribution in [3.63, 3.8) is 0 Å². The normalized spacial score (nSPS) is 19.7. The number of nitrogens with zero attached hydrogens (tertiary/aromatic N) is 2. The van der Waals surface area contributed by atoms with Crippen LogP contribution in [0, 0.1) is 0 Å². The summed E-state index contributed by atoms with van der Waals surface area (Å²) in [5.74, 6) is 0.00798. The molecule has 0 bridgehead atoms. The number of fused-ring (bicyclic) bond motifs is 1. The number of carbonyl (C=O) groups excluding carboxylic acids is 1. The summed E-state index contributed by atoms with van der Waals surface area (Å²) in [5.41, 5.74) is 3.69. The van der Waals surface area contributed by atoms with Crippen LogP contribution >= 0.6 is 24.0 Å². The van der Waals surface area contributed by atoms with Gasteiger partial charge in [-0.1, -0.05) is 29.8 Å². The Kier molecular flexibility index (Phi) is 5.13. The Morgan fingerprint density at radius 3 is 3.00 bits per heavy atom. The van der Waals surface area contributed by atoms with Crippen LogP contribution < -0.4 is 5.32 Å². The van der Waals surface area contributed by atoms with Gasteiger partial charge >= 0.3 is 0 Å². The summed E-state index contributed by atoms with van der Waals surface area (Å²) in [4.78, 5) is 15.0. The summed E-state index contributed by atoms with van der Waals surface area (Å²) in [5, 5.41) is 11.4. The number of nitrogens with one attached hydrogen (secondary N) is 2. The van der Waals surface area contributed by atoms with Crippen molar-refractivity contribution in [2.45, 2.75) is 31.8 Å².